The molecular formula is C12H19N3O. The standard InChI is InChI=1S/C12H19N3O/c1-9(11-13-6-7-14-11)10(16)12(2,3)8-15(4)5/h6-7H,1,8H2,2-5H3,(H,13,14). The average molecular weight is 221 g/mol. The number of imidazole rings is 1. The number of aromatic nitrogens is 2. The lowest BCUT2D eigenvalue weighted by atomic mass is 9.84. The van der Waals surface area contributed by atoms with Gasteiger partial charge in [-0.3, -0.25) is 4.79 Å². The lowest BCUT2D eigenvalue weighted by Crippen LogP contribution is -2.36. The van der Waals surface area contributed by atoms with Crippen molar-refractivity contribution in [1.29, 1.82) is 0 Å². The first-order valence-corrected chi connectivity index (χ1v) is 5.23. The van der Waals surface area contributed by atoms with Gasteiger partial charge in [0.1, 0.15) is 5.82 Å². The highest BCUT2D eigenvalue weighted by Gasteiger charge is 2.31. The second kappa shape index (κ2) is 4.61. The number of ketones is 1. The molecule has 0 saturated carbocycles. The van der Waals surface area contributed by atoms with Gasteiger partial charge in [-0.25, -0.2) is 4.98 Å². The summed E-state index contributed by atoms with van der Waals surface area (Å²) in [5.41, 5.74) is -0.00949. The Kier molecular flexibility index (Phi) is 3.65. The Hall–Kier alpha value is -1.42. The molecular weight excluding hydrogens is 202 g/mol. The van der Waals surface area contributed by atoms with Crippen LogP contribution in [0.15, 0.2) is 19.0 Å². The lowest BCUT2D eigenvalue weighted by molar-refractivity contribution is -0.121. The first-order chi connectivity index (χ1) is 7.34. The molecule has 0 saturated heterocycles. The number of hydrogen-bond acceptors (Lipinski definition) is 3. The second-order valence-electron chi connectivity index (χ2n) is 4.87. The monoisotopic (exact) mass is 221 g/mol. The molecule has 0 radical (unpaired) electrons. The van der Waals surface area contributed by atoms with E-state index in [2.05, 4.69) is 16.5 Å². The van der Waals surface area contributed by atoms with Crippen LogP contribution in [0.25, 0.3) is 5.57 Å². The van der Waals surface area contributed by atoms with E-state index in [1.807, 2.05) is 32.8 Å². The SMILES string of the molecule is C=C(C(=O)C(C)(C)CN(C)C)c1ncc[nH]1. The van der Waals surface area contributed by atoms with Crippen LogP contribution in [0, 0.1) is 5.41 Å². The van der Waals surface area contributed by atoms with Crippen LogP contribution in [0.3, 0.4) is 0 Å². The van der Waals surface area contributed by atoms with Gasteiger partial charge in [-0.2, -0.15) is 0 Å². The molecule has 0 aliphatic rings. The van der Waals surface area contributed by atoms with E-state index in [1.165, 1.54) is 0 Å². The van der Waals surface area contributed by atoms with Crippen LogP contribution < -0.4 is 0 Å². The summed E-state index contributed by atoms with van der Waals surface area (Å²) in [5.74, 6) is 0.577. The van der Waals surface area contributed by atoms with Gasteiger partial charge in [0.2, 0.25) is 0 Å². The predicted octanol–water partition coefficient (Wildman–Crippen LogP) is 1.58. The van der Waals surface area contributed by atoms with Crippen molar-refractivity contribution in [1.82, 2.24) is 14.9 Å². The van der Waals surface area contributed by atoms with Crippen LogP contribution in [-0.2, 0) is 4.79 Å². The Morgan fingerprint density at radius 2 is 2.19 bits per heavy atom. The third kappa shape index (κ3) is 2.79. The van der Waals surface area contributed by atoms with Crippen LogP contribution in [0.1, 0.15) is 19.7 Å². The molecule has 4 heteroatoms. The molecule has 88 valence electrons. The summed E-state index contributed by atoms with van der Waals surface area (Å²) in [7, 11) is 3.90. The topological polar surface area (TPSA) is 49.0 Å². The number of nitrogens with one attached hydrogen (secondary N) is 1. The van der Waals surface area contributed by atoms with Crippen molar-refractivity contribution in [3.8, 4) is 0 Å². The summed E-state index contributed by atoms with van der Waals surface area (Å²) < 4.78 is 0. The largest absolute Gasteiger partial charge is 0.345 e. The minimum Gasteiger partial charge on any atom is -0.345 e. The molecule has 0 aliphatic carbocycles. The zero-order valence-electron chi connectivity index (χ0n) is 10.4. The minimum absolute atomic E-state index is 0.0242. The molecule has 0 bridgehead atoms. The van der Waals surface area contributed by atoms with Gasteiger partial charge >= 0.3 is 0 Å². The van der Waals surface area contributed by atoms with Crippen LogP contribution in [0.5, 0.6) is 0 Å². The fourth-order valence-electron chi connectivity index (χ4n) is 1.81. The first kappa shape index (κ1) is 12.6. The van der Waals surface area contributed by atoms with Gasteiger partial charge in [-0.1, -0.05) is 20.4 Å². The van der Waals surface area contributed by atoms with Crippen LogP contribution in [-0.4, -0.2) is 41.3 Å². The van der Waals surface area contributed by atoms with Gasteiger partial charge in [0.25, 0.3) is 0 Å². The van der Waals surface area contributed by atoms with Crippen molar-refractivity contribution in [2.45, 2.75) is 13.8 Å². The summed E-state index contributed by atoms with van der Waals surface area (Å²) in [6, 6.07) is 0. The van der Waals surface area contributed by atoms with Crippen LogP contribution in [0.2, 0.25) is 0 Å². The van der Waals surface area contributed by atoms with Crippen LogP contribution in [0.4, 0.5) is 0 Å². The highest BCUT2D eigenvalue weighted by atomic mass is 16.1. The van der Waals surface area contributed by atoms with E-state index in [0.29, 0.717) is 17.9 Å². The summed E-state index contributed by atoms with van der Waals surface area (Å²) in [4.78, 5) is 21.1. The highest BCUT2D eigenvalue weighted by molar-refractivity contribution is 6.21. The lowest BCUT2D eigenvalue weighted by Gasteiger charge is -2.27. The number of Topliss-reactive ketones (excluding diaryl/α,β-unsaturated/α-hetero) is 1. The Labute approximate surface area is 96.4 Å². The van der Waals surface area contributed by atoms with E-state index in [0.717, 1.165) is 0 Å². The first-order valence-electron chi connectivity index (χ1n) is 5.23. The number of aromatic amines is 1. The second-order valence-corrected chi connectivity index (χ2v) is 4.87. The maximum Gasteiger partial charge on any atom is 0.172 e. The molecule has 16 heavy (non-hydrogen) atoms. The Balaban J connectivity index is 2.82. The third-order valence-corrected chi connectivity index (χ3v) is 2.38. The summed E-state index contributed by atoms with van der Waals surface area (Å²) >= 11 is 0. The van der Waals surface area contributed by atoms with E-state index < -0.39 is 5.41 Å². The molecule has 1 heterocycles. The van der Waals surface area contributed by atoms with Crippen molar-refractivity contribution in [2.24, 2.45) is 5.41 Å². The van der Waals surface area contributed by atoms with E-state index >= 15 is 0 Å². The predicted molar refractivity (Wildman–Crippen MR) is 65.0 cm³/mol. The molecule has 1 aromatic heterocycles. The summed E-state index contributed by atoms with van der Waals surface area (Å²) in [6.07, 6.45) is 3.31. The Bertz CT molecular complexity index is 377. The molecule has 1 aromatic rings. The molecule has 4 nitrogen and oxygen atoms in total. The Morgan fingerprint density at radius 3 is 2.62 bits per heavy atom. The molecule has 1 rings (SSSR count). The Morgan fingerprint density at radius 1 is 1.56 bits per heavy atom. The van der Waals surface area contributed by atoms with Crippen molar-refractivity contribution >= 4 is 11.4 Å². The summed E-state index contributed by atoms with van der Waals surface area (Å²) in [5, 5.41) is 0. The number of rotatable bonds is 5. The third-order valence-electron chi connectivity index (χ3n) is 2.38. The van der Waals surface area contributed by atoms with Crippen LogP contribution >= 0.6 is 0 Å². The van der Waals surface area contributed by atoms with E-state index in [9.17, 15) is 4.79 Å². The van der Waals surface area contributed by atoms with Gasteiger partial charge in [-0.05, 0) is 14.1 Å². The zero-order valence-corrected chi connectivity index (χ0v) is 10.4. The molecule has 0 unspecified atom stereocenters. The number of carbonyl (C=O) groups is 1. The van der Waals surface area contributed by atoms with Crippen molar-refractivity contribution < 1.29 is 4.79 Å². The molecule has 1 N–H and O–H groups in total. The smallest absolute Gasteiger partial charge is 0.172 e. The van der Waals surface area contributed by atoms with E-state index in [1.54, 1.807) is 12.4 Å². The van der Waals surface area contributed by atoms with E-state index in [-0.39, 0.29) is 5.78 Å². The fourth-order valence-corrected chi connectivity index (χ4v) is 1.81. The number of allylic oxidation sites excluding steroid dienone is 1. The number of H-pyrrole nitrogens is 1. The van der Waals surface area contributed by atoms with Gasteiger partial charge < -0.3 is 9.88 Å². The molecule has 0 atom stereocenters. The molecule has 0 aromatic carbocycles. The average Bonchev–Trinajstić information content (AvgIpc) is 2.66. The van der Waals surface area contributed by atoms with Gasteiger partial charge in [-0.15, -0.1) is 0 Å². The number of nitrogens with zero attached hydrogens (tertiary/aromatic N) is 2. The maximum absolute atomic E-state index is 12.2. The minimum atomic E-state index is -0.451. The fraction of sp³-hybridized carbons (Fsp3) is 0.500. The quantitative estimate of drug-likeness (QED) is 0.768. The molecule has 0 aliphatic heterocycles. The van der Waals surface area contributed by atoms with E-state index in [4.69, 9.17) is 0 Å². The van der Waals surface area contributed by atoms with Crippen molar-refractivity contribution in [3.63, 3.8) is 0 Å². The van der Waals surface area contributed by atoms with Crippen molar-refractivity contribution in [2.75, 3.05) is 20.6 Å². The normalized spacial score (nSPS) is 11.8. The zero-order chi connectivity index (χ0) is 12.3. The maximum atomic E-state index is 12.2. The highest BCUT2D eigenvalue weighted by Crippen LogP contribution is 2.24. The number of hydrogen-bond donors (Lipinski definition) is 1. The van der Waals surface area contributed by atoms with Gasteiger partial charge in [0.05, 0.1) is 5.57 Å². The van der Waals surface area contributed by atoms with Gasteiger partial charge in [0.15, 0.2) is 5.78 Å². The number of carbonyl (C=O) groups excluding carboxylic acids is 1. The summed E-state index contributed by atoms with van der Waals surface area (Å²) in [6.45, 7) is 8.34. The van der Waals surface area contributed by atoms with Crippen molar-refractivity contribution in [3.05, 3.63) is 24.8 Å². The molecule has 0 amide bonds. The molecule has 0 spiro atoms. The molecule has 0 fully saturated rings. The van der Waals surface area contributed by atoms with Gasteiger partial charge in [0, 0.05) is 24.4 Å².